The van der Waals surface area contributed by atoms with Crippen molar-refractivity contribution >= 4 is 0 Å². The lowest BCUT2D eigenvalue weighted by molar-refractivity contribution is -0.0512. The fraction of sp³-hybridized carbons (Fsp3) is 0.333. The van der Waals surface area contributed by atoms with E-state index < -0.39 is 6.61 Å². The number of alkyl halides is 2. The average molecular weight is 403 g/mol. The molecular formula is C21H23F2N3O3. The third kappa shape index (κ3) is 5.51. The standard InChI is InChI=1S/C21H23F2N3O3/c1-3-7-18-25-20(26-29-18)19(15-8-5-4-6-9-15)24-13-14-10-11-16(27-2)17(12-14)28-21(22)23/h4-6,8-12,19,21,24H,3,7,13H2,1-2H3. The number of rotatable bonds is 10. The molecule has 0 saturated carbocycles. The molecule has 0 fully saturated rings. The van der Waals surface area contributed by atoms with Crippen molar-refractivity contribution in [2.24, 2.45) is 0 Å². The van der Waals surface area contributed by atoms with Crippen molar-refractivity contribution in [1.82, 2.24) is 15.5 Å². The number of hydrogen-bond acceptors (Lipinski definition) is 6. The molecule has 8 heteroatoms. The zero-order valence-electron chi connectivity index (χ0n) is 16.3. The number of benzene rings is 2. The summed E-state index contributed by atoms with van der Waals surface area (Å²) in [6.07, 6.45) is 1.62. The summed E-state index contributed by atoms with van der Waals surface area (Å²) in [5.41, 5.74) is 1.72. The highest BCUT2D eigenvalue weighted by molar-refractivity contribution is 5.43. The van der Waals surface area contributed by atoms with Gasteiger partial charge in [0.1, 0.15) is 0 Å². The number of aryl methyl sites for hydroxylation is 1. The summed E-state index contributed by atoms with van der Waals surface area (Å²) in [7, 11) is 1.40. The molecule has 1 unspecified atom stereocenters. The van der Waals surface area contributed by atoms with Crippen LogP contribution in [0.4, 0.5) is 8.78 Å². The summed E-state index contributed by atoms with van der Waals surface area (Å²) >= 11 is 0. The van der Waals surface area contributed by atoms with Crippen LogP contribution in [0.25, 0.3) is 0 Å². The summed E-state index contributed by atoms with van der Waals surface area (Å²) in [5.74, 6) is 1.35. The van der Waals surface area contributed by atoms with Crippen LogP contribution in [0.5, 0.6) is 11.5 Å². The Bertz CT molecular complexity index is 903. The van der Waals surface area contributed by atoms with Gasteiger partial charge in [-0.15, -0.1) is 0 Å². The van der Waals surface area contributed by atoms with Gasteiger partial charge in [0.15, 0.2) is 17.3 Å². The van der Waals surface area contributed by atoms with E-state index in [1.165, 1.54) is 13.2 Å². The van der Waals surface area contributed by atoms with Crippen LogP contribution in [-0.2, 0) is 13.0 Å². The topological polar surface area (TPSA) is 69.4 Å². The Morgan fingerprint density at radius 3 is 2.59 bits per heavy atom. The SMILES string of the molecule is CCCc1nc(C(NCc2ccc(OC)c(OC(F)F)c2)c2ccccc2)no1. The molecular weight excluding hydrogens is 380 g/mol. The molecule has 0 aliphatic heterocycles. The van der Waals surface area contributed by atoms with Crippen LogP contribution in [0.1, 0.15) is 42.2 Å². The third-order valence-electron chi connectivity index (χ3n) is 4.29. The Labute approximate surface area is 167 Å². The maximum Gasteiger partial charge on any atom is 0.387 e. The number of aromatic nitrogens is 2. The van der Waals surface area contributed by atoms with Gasteiger partial charge in [0, 0.05) is 13.0 Å². The van der Waals surface area contributed by atoms with Crippen LogP contribution in [0.15, 0.2) is 53.1 Å². The lowest BCUT2D eigenvalue weighted by Crippen LogP contribution is -2.23. The number of hydrogen-bond donors (Lipinski definition) is 1. The number of methoxy groups -OCH3 is 1. The van der Waals surface area contributed by atoms with Crippen molar-refractivity contribution in [3.8, 4) is 11.5 Å². The number of halogens is 2. The van der Waals surface area contributed by atoms with Crippen molar-refractivity contribution in [3.63, 3.8) is 0 Å². The maximum atomic E-state index is 12.7. The van der Waals surface area contributed by atoms with Gasteiger partial charge in [-0.2, -0.15) is 13.8 Å². The van der Waals surface area contributed by atoms with E-state index in [0.29, 0.717) is 24.7 Å². The van der Waals surface area contributed by atoms with Gasteiger partial charge in [-0.3, -0.25) is 5.32 Å². The van der Waals surface area contributed by atoms with E-state index in [0.717, 1.165) is 17.5 Å². The fourth-order valence-electron chi connectivity index (χ4n) is 2.94. The van der Waals surface area contributed by atoms with Gasteiger partial charge < -0.3 is 14.0 Å². The van der Waals surface area contributed by atoms with E-state index in [4.69, 9.17) is 9.26 Å². The normalized spacial score (nSPS) is 12.2. The van der Waals surface area contributed by atoms with E-state index >= 15 is 0 Å². The molecule has 0 bridgehead atoms. The molecule has 29 heavy (non-hydrogen) atoms. The highest BCUT2D eigenvalue weighted by atomic mass is 19.3. The first-order valence-electron chi connectivity index (χ1n) is 9.33. The first-order chi connectivity index (χ1) is 14.1. The second-order valence-corrected chi connectivity index (χ2v) is 6.38. The summed E-state index contributed by atoms with van der Waals surface area (Å²) in [4.78, 5) is 4.49. The Morgan fingerprint density at radius 1 is 1.10 bits per heavy atom. The molecule has 0 aliphatic rings. The molecule has 1 atom stereocenters. The molecule has 0 radical (unpaired) electrons. The van der Waals surface area contributed by atoms with Crippen molar-refractivity contribution < 1.29 is 22.8 Å². The minimum atomic E-state index is -2.93. The van der Waals surface area contributed by atoms with E-state index in [1.54, 1.807) is 12.1 Å². The second kappa shape index (κ2) is 9.97. The van der Waals surface area contributed by atoms with Gasteiger partial charge >= 0.3 is 6.61 Å². The molecule has 2 aromatic carbocycles. The highest BCUT2D eigenvalue weighted by Gasteiger charge is 2.20. The first-order valence-corrected chi connectivity index (χ1v) is 9.33. The zero-order chi connectivity index (χ0) is 20.6. The Balaban J connectivity index is 1.81. The fourth-order valence-corrected chi connectivity index (χ4v) is 2.94. The number of ether oxygens (including phenoxy) is 2. The molecule has 1 aromatic heterocycles. The molecule has 0 aliphatic carbocycles. The largest absolute Gasteiger partial charge is 0.493 e. The van der Waals surface area contributed by atoms with Crippen molar-refractivity contribution in [2.75, 3.05) is 7.11 Å². The average Bonchev–Trinajstić information content (AvgIpc) is 3.17. The Morgan fingerprint density at radius 2 is 1.90 bits per heavy atom. The Kier molecular flexibility index (Phi) is 7.13. The summed E-state index contributed by atoms with van der Waals surface area (Å²) in [6, 6.07) is 14.3. The number of nitrogens with one attached hydrogen (secondary N) is 1. The van der Waals surface area contributed by atoms with E-state index in [9.17, 15) is 8.78 Å². The predicted molar refractivity (Wildman–Crippen MR) is 103 cm³/mol. The predicted octanol–water partition coefficient (Wildman–Crippen LogP) is 4.51. The Hall–Kier alpha value is -3.00. The summed E-state index contributed by atoms with van der Waals surface area (Å²) in [6.45, 7) is -0.513. The van der Waals surface area contributed by atoms with Gasteiger partial charge in [-0.25, -0.2) is 0 Å². The van der Waals surface area contributed by atoms with Crippen LogP contribution in [-0.4, -0.2) is 23.9 Å². The molecule has 6 nitrogen and oxygen atoms in total. The highest BCUT2D eigenvalue weighted by Crippen LogP contribution is 2.30. The minimum absolute atomic E-state index is 0.0112. The third-order valence-corrected chi connectivity index (χ3v) is 4.29. The molecule has 3 rings (SSSR count). The molecule has 0 amide bonds. The van der Waals surface area contributed by atoms with Gasteiger partial charge in [0.25, 0.3) is 0 Å². The minimum Gasteiger partial charge on any atom is -0.493 e. The quantitative estimate of drug-likeness (QED) is 0.537. The lowest BCUT2D eigenvalue weighted by atomic mass is 10.1. The van der Waals surface area contributed by atoms with Crippen LogP contribution >= 0.6 is 0 Å². The van der Waals surface area contributed by atoms with Gasteiger partial charge in [0.2, 0.25) is 5.89 Å². The number of nitrogens with zero attached hydrogens (tertiary/aromatic N) is 2. The van der Waals surface area contributed by atoms with E-state index in [1.807, 2.05) is 37.3 Å². The van der Waals surface area contributed by atoms with Crippen molar-refractivity contribution in [2.45, 2.75) is 39.0 Å². The van der Waals surface area contributed by atoms with Gasteiger partial charge in [-0.1, -0.05) is 48.5 Å². The zero-order valence-corrected chi connectivity index (χ0v) is 16.3. The van der Waals surface area contributed by atoms with Gasteiger partial charge in [0.05, 0.1) is 13.2 Å². The maximum absolute atomic E-state index is 12.7. The van der Waals surface area contributed by atoms with Gasteiger partial charge in [-0.05, 0) is 29.7 Å². The molecule has 0 spiro atoms. The van der Waals surface area contributed by atoms with E-state index in [-0.39, 0.29) is 17.5 Å². The molecule has 0 saturated heterocycles. The first kappa shape index (κ1) is 20.7. The smallest absolute Gasteiger partial charge is 0.387 e. The molecule has 1 heterocycles. The molecule has 1 N–H and O–H groups in total. The van der Waals surface area contributed by atoms with Crippen LogP contribution < -0.4 is 14.8 Å². The van der Waals surface area contributed by atoms with Crippen molar-refractivity contribution in [3.05, 3.63) is 71.4 Å². The molecule has 154 valence electrons. The van der Waals surface area contributed by atoms with Crippen molar-refractivity contribution in [1.29, 1.82) is 0 Å². The second-order valence-electron chi connectivity index (χ2n) is 6.38. The molecule has 3 aromatic rings. The van der Waals surface area contributed by atoms with Crippen LogP contribution in [0, 0.1) is 0 Å². The van der Waals surface area contributed by atoms with E-state index in [2.05, 4.69) is 20.2 Å². The lowest BCUT2D eigenvalue weighted by Gasteiger charge is -2.17. The van der Waals surface area contributed by atoms with Crippen LogP contribution in [0.2, 0.25) is 0 Å². The summed E-state index contributed by atoms with van der Waals surface area (Å²) < 4.78 is 40.3. The summed E-state index contributed by atoms with van der Waals surface area (Å²) in [5, 5.41) is 7.49. The van der Waals surface area contributed by atoms with Crippen LogP contribution in [0.3, 0.4) is 0 Å². The monoisotopic (exact) mass is 403 g/mol.